The molecule has 21 heavy (non-hydrogen) atoms. The van der Waals surface area contributed by atoms with Crippen molar-refractivity contribution in [1.82, 2.24) is 4.98 Å². The van der Waals surface area contributed by atoms with Crippen molar-refractivity contribution in [2.24, 2.45) is 5.14 Å². The van der Waals surface area contributed by atoms with Crippen LogP contribution in [0.15, 0.2) is 11.2 Å². The van der Waals surface area contributed by atoms with Gasteiger partial charge in [-0.3, -0.25) is 10.1 Å². The number of rotatable bonds is 4. The molecule has 118 valence electrons. The number of pyridine rings is 1. The van der Waals surface area contributed by atoms with Crippen molar-refractivity contribution in [1.29, 1.82) is 0 Å². The summed E-state index contributed by atoms with van der Waals surface area (Å²) in [5, 5.41) is 13.4. The number of nitro groups is 1. The molecule has 1 aromatic rings. The van der Waals surface area contributed by atoms with Crippen LogP contribution in [0.5, 0.6) is 5.75 Å². The molecule has 0 aliphatic rings. The lowest BCUT2D eigenvalue weighted by molar-refractivity contribution is -0.389. The summed E-state index contributed by atoms with van der Waals surface area (Å²) in [6.45, 7) is 0. The van der Waals surface area contributed by atoms with Gasteiger partial charge in [-0.25, -0.2) is 27.3 Å². The van der Waals surface area contributed by atoms with Crippen LogP contribution in [0.25, 0.3) is 0 Å². The number of hydrogen-bond acceptors (Lipinski definition) is 6. The molecule has 0 unspecified atom stereocenters. The zero-order chi connectivity index (χ0) is 16.6. The summed E-state index contributed by atoms with van der Waals surface area (Å²) in [7, 11) is -4.96. The first kappa shape index (κ1) is 17.0. The highest BCUT2D eigenvalue weighted by molar-refractivity contribution is 7.89. The Morgan fingerprint density at radius 3 is 2.24 bits per heavy atom. The van der Waals surface area contributed by atoms with Gasteiger partial charge in [0.1, 0.15) is 11.8 Å². The lowest BCUT2D eigenvalue weighted by atomic mass is 10.2. The first-order valence-corrected chi connectivity index (χ1v) is 6.13. The zero-order valence-electron chi connectivity index (χ0n) is 9.47. The molecule has 0 fully saturated rings. The van der Waals surface area contributed by atoms with Gasteiger partial charge in [-0.15, -0.1) is 13.2 Å². The fraction of sp³-hybridized carbons (Fsp3) is 0.286. The molecule has 0 aliphatic carbocycles. The second-order valence-corrected chi connectivity index (χ2v) is 4.82. The van der Waals surface area contributed by atoms with Crippen LogP contribution in [0.1, 0.15) is 12.0 Å². The number of aromatic nitrogens is 1. The van der Waals surface area contributed by atoms with Crippen molar-refractivity contribution in [3.05, 3.63) is 21.9 Å². The van der Waals surface area contributed by atoms with E-state index in [1.54, 1.807) is 0 Å². The third-order valence-electron chi connectivity index (χ3n) is 1.91. The predicted octanol–water partition coefficient (Wildman–Crippen LogP) is 1.47. The molecule has 8 nitrogen and oxygen atoms in total. The molecule has 0 amide bonds. The minimum atomic E-state index is -5.58. The Morgan fingerprint density at radius 1 is 1.38 bits per heavy atom. The normalized spacial score (nSPS) is 12.5. The molecule has 1 aromatic heterocycles. The van der Waals surface area contributed by atoms with E-state index in [1.165, 1.54) is 0 Å². The molecule has 0 bridgehead atoms. The smallest absolute Gasteiger partial charge is 0.398 e. The number of alkyl halides is 5. The maximum atomic E-state index is 12.8. The minimum absolute atomic E-state index is 0.0205. The van der Waals surface area contributed by atoms with Gasteiger partial charge in [-0.1, -0.05) is 0 Å². The number of sulfonamides is 1. The minimum Gasteiger partial charge on any atom is -0.398 e. The standard InChI is InChI=1S/C7H4F5N3O5S/c8-5(9)3-4(20-7(10,11)12)2(15(16)17)1-14-6(3)21(13,18)19/h1,5H,(H2,13,18,19). The molecule has 0 radical (unpaired) electrons. The van der Waals surface area contributed by atoms with Gasteiger partial charge in [-0.05, 0) is 0 Å². The molecule has 2 N–H and O–H groups in total. The second kappa shape index (κ2) is 5.36. The molecule has 0 saturated heterocycles. The summed E-state index contributed by atoms with van der Waals surface area (Å²) in [6, 6.07) is 0. The third kappa shape index (κ3) is 3.94. The van der Waals surface area contributed by atoms with Crippen LogP contribution in [0, 0.1) is 10.1 Å². The van der Waals surface area contributed by atoms with Gasteiger partial charge in [0.25, 0.3) is 16.4 Å². The van der Waals surface area contributed by atoms with Gasteiger partial charge in [0.15, 0.2) is 5.03 Å². The van der Waals surface area contributed by atoms with Crippen LogP contribution in [-0.4, -0.2) is 24.7 Å². The molecule has 0 saturated carbocycles. The van der Waals surface area contributed by atoms with Crippen LogP contribution >= 0.6 is 0 Å². The first-order valence-electron chi connectivity index (χ1n) is 4.58. The van der Waals surface area contributed by atoms with E-state index in [0.717, 1.165) is 0 Å². The zero-order valence-corrected chi connectivity index (χ0v) is 10.3. The molecule has 1 heterocycles. The van der Waals surface area contributed by atoms with E-state index in [9.17, 15) is 40.5 Å². The number of ether oxygens (including phenoxy) is 1. The summed E-state index contributed by atoms with van der Waals surface area (Å²) in [4.78, 5) is 11.8. The van der Waals surface area contributed by atoms with Crippen LogP contribution in [0.3, 0.4) is 0 Å². The molecule has 0 atom stereocenters. The number of nitrogens with zero attached hydrogens (tertiary/aromatic N) is 2. The van der Waals surface area contributed by atoms with Crippen LogP contribution in [0.4, 0.5) is 27.6 Å². The maximum Gasteiger partial charge on any atom is 0.573 e. The first-order chi connectivity index (χ1) is 9.34. The van der Waals surface area contributed by atoms with Crippen molar-refractivity contribution in [3.63, 3.8) is 0 Å². The van der Waals surface area contributed by atoms with Gasteiger partial charge in [0.2, 0.25) is 5.75 Å². The summed E-state index contributed by atoms with van der Waals surface area (Å²) >= 11 is 0. The van der Waals surface area contributed by atoms with Crippen molar-refractivity contribution in [3.8, 4) is 5.75 Å². The van der Waals surface area contributed by atoms with E-state index in [4.69, 9.17) is 0 Å². The lowest BCUT2D eigenvalue weighted by Gasteiger charge is -2.14. The Bertz CT molecular complexity index is 674. The van der Waals surface area contributed by atoms with Crippen molar-refractivity contribution >= 4 is 15.7 Å². The molecule has 0 aliphatic heterocycles. The summed E-state index contributed by atoms with van der Waals surface area (Å²) in [5.41, 5.74) is -3.53. The molecule has 0 aromatic carbocycles. The summed E-state index contributed by atoms with van der Waals surface area (Å²) < 4.78 is 87.3. The van der Waals surface area contributed by atoms with E-state index < -0.39 is 49.8 Å². The molecule has 0 spiro atoms. The van der Waals surface area contributed by atoms with E-state index in [-0.39, 0.29) is 6.20 Å². The van der Waals surface area contributed by atoms with E-state index in [0.29, 0.717) is 0 Å². The van der Waals surface area contributed by atoms with Crippen LogP contribution in [-0.2, 0) is 10.0 Å². The quantitative estimate of drug-likeness (QED) is 0.504. The number of primary sulfonamides is 1. The van der Waals surface area contributed by atoms with Gasteiger partial charge in [-0.2, -0.15) is 0 Å². The van der Waals surface area contributed by atoms with Gasteiger partial charge < -0.3 is 4.74 Å². The Labute approximate surface area is 112 Å². The van der Waals surface area contributed by atoms with E-state index >= 15 is 0 Å². The Hall–Kier alpha value is -2.09. The van der Waals surface area contributed by atoms with Gasteiger partial charge in [0.05, 0.1) is 4.92 Å². The van der Waals surface area contributed by atoms with Crippen molar-refractivity contribution in [2.75, 3.05) is 0 Å². The van der Waals surface area contributed by atoms with Crippen molar-refractivity contribution < 1.29 is 40.0 Å². The average molecular weight is 337 g/mol. The highest BCUT2D eigenvalue weighted by atomic mass is 32.2. The Balaban J connectivity index is 3.79. The maximum absolute atomic E-state index is 12.8. The monoisotopic (exact) mass is 337 g/mol. The van der Waals surface area contributed by atoms with Crippen molar-refractivity contribution in [2.45, 2.75) is 17.8 Å². The van der Waals surface area contributed by atoms with Gasteiger partial charge >= 0.3 is 12.0 Å². The Morgan fingerprint density at radius 2 is 1.90 bits per heavy atom. The van der Waals surface area contributed by atoms with Gasteiger partial charge in [0, 0.05) is 0 Å². The largest absolute Gasteiger partial charge is 0.573 e. The number of halogens is 5. The highest BCUT2D eigenvalue weighted by Gasteiger charge is 2.40. The second-order valence-electron chi connectivity index (χ2n) is 3.34. The highest BCUT2D eigenvalue weighted by Crippen LogP contribution is 2.41. The lowest BCUT2D eigenvalue weighted by Crippen LogP contribution is -2.22. The topological polar surface area (TPSA) is 125 Å². The number of hydrogen-bond donors (Lipinski definition) is 1. The molecule has 14 heteroatoms. The molecular weight excluding hydrogens is 333 g/mol. The van der Waals surface area contributed by atoms with E-state index in [1.807, 2.05) is 0 Å². The Kier molecular flexibility index (Phi) is 4.33. The molecule has 1 rings (SSSR count). The fourth-order valence-electron chi connectivity index (χ4n) is 1.26. The van der Waals surface area contributed by atoms with Crippen LogP contribution < -0.4 is 9.88 Å². The molecular formula is C7H4F5N3O5S. The third-order valence-corrected chi connectivity index (χ3v) is 2.78. The summed E-state index contributed by atoms with van der Waals surface area (Å²) in [5.74, 6) is -1.98. The van der Waals surface area contributed by atoms with Crippen LogP contribution in [0.2, 0.25) is 0 Å². The van der Waals surface area contributed by atoms with E-state index in [2.05, 4.69) is 14.9 Å². The predicted molar refractivity (Wildman–Crippen MR) is 53.9 cm³/mol. The number of nitrogens with two attached hydrogens (primary N) is 1. The SMILES string of the molecule is NS(=O)(=O)c1ncc([N+](=O)[O-])c(OC(F)(F)F)c1C(F)F. The fourth-order valence-corrected chi connectivity index (χ4v) is 1.94. The average Bonchev–Trinajstić information content (AvgIpc) is 2.23. The summed E-state index contributed by atoms with van der Waals surface area (Å²) in [6.07, 6.45) is -9.43.